The molecule has 0 bridgehead atoms. The molecule has 1 aromatic rings. The Morgan fingerprint density at radius 1 is 1.60 bits per heavy atom. The molecule has 1 saturated heterocycles. The normalized spacial score (nSPS) is 25.7. The zero-order valence-corrected chi connectivity index (χ0v) is 9.27. The summed E-state index contributed by atoms with van der Waals surface area (Å²) in [6.45, 7) is 0.273. The van der Waals surface area contributed by atoms with Crippen LogP contribution in [0.25, 0.3) is 0 Å². The molecule has 1 aliphatic heterocycles. The largest absolute Gasteiger partial charge is 0.481 e. The predicted octanol–water partition coefficient (Wildman–Crippen LogP) is 1.93. The van der Waals surface area contributed by atoms with Crippen molar-refractivity contribution in [3.05, 3.63) is 22.6 Å². The van der Waals surface area contributed by atoms with E-state index in [1.165, 1.54) is 0 Å². The Balaban J connectivity index is 1.95. The number of halogens is 1. The maximum absolute atomic E-state index is 10.4. The summed E-state index contributed by atoms with van der Waals surface area (Å²) in [6.07, 6.45) is -1.06. The van der Waals surface area contributed by atoms with E-state index in [1.54, 1.807) is 12.1 Å². The van der Waals surface area contributed by atoms with Gasteiger partial charge in [0.1, 0.15) is 0 Å². The van der Waals surface area contributed by atoms with Gasteiger partial charge in [-0.3, -0.25) is 4.79 Å². The molecule has 0 radical (unpaired) electrons. The summed E-state index contributed by atoms with van der Waals surface area (Å²) in [7, 11) is 0. The summed E-state index contributed by atoms with van der Waals surface area (Å²) in [5.74, 6) is -0.361. The molecule has 0 aliphatic carbocycles. The SMILES string of the molecule is O=C(O)CC1COC(c2ccc(Br)o2)O1. The van der Waals surface area contributed by atoms with Crippen molar-refractivity contribution in [3.63, 3.8) is 0 Å². The zero-order chi connectivity index (χ0) is 10.8. The monoisotopic (exact) mass is 276 g/mol. The highest BCUT2D eigenvalue weighted by Crippen LogP contribution is 2.30. The minimum Gasteiger partial charge on any atom is -0.481 e. The lowest BCUT2D eigenvalue weighted by Crippen LogP contribution is -2.15. The first-order chi connectivity index (χ1) is 7.15. The van der Waals surface area contributed by atoms with E-state index >= 15 is 0 Å². The first kappa shape index (κ1) is 10.7. The van der Waals surface area contributed by atoms with Gasteiger partial charge in [-0.1, -0.05) is 0 Å². The van der Waals surface area contributed by atoms with Crippen molar-refractivity contribution >= 4 is 21.9 Å². The van der Waals surface area contributed by atoms with Gasteiger partial charge in [-0.15, -0.1) is 0 Å². The van der Waals surface area contributed by atoms with E-state index in [-0.39, 0.29) is 13.0 Å². The highest BCUT2D eigenvalue weighted by molar-refractivity contribution is 9.10. The summed E-state index contributed by atoms with van der Waals surface area (Å²) >= 11 is 3.16. The van der Waals surface area contributed by atoms with Crippen LogP contribution in [0.2, 0.25) is 0 Å². The lowest BCUT2D eigenvalue weighted by molar-refractivity contribution is -0.140. The number of aliphatic carboxylic acids is 1. The third-order valence-corrected chi connectivity index (χ3v) is 2.40. The fourth-order valence-corrected chi connectivity index (χ4v) is 1.67. The minimum atomic E-state index is -0.898. The van der Waals surface area contributed by atoms with Gasteiger partial charge in [-0.05, 0) is 28.1 Å². The number of furan rings is 1. The molecule has 1 fully saturated rings. The Morgan fingerprint density at radius 3 is 3.00 bits per heavy atom. The third kappa shape index (κ3) is 2.58. The Labute approximate surface area is 94.1 Å². The first-order valence-corrected chi connectivity index (χ1v) is 5.18. The van der Waals surface area contributed by atoms with Gasteiger partial charge in [0, 0.05) is 0 Å². The molecule has 6 heteroatoms. The number of carbonyl (C=O) groups is 1. The van der Waals surface area contributed by atoms with E-state index in [9.17, 15) is 4.79 Å². The number of carboxylic acids is 1. The van der Waals surface area contributed by atoms with Gasteiger partial charge in [0.05, 0.1) is 19.1 Å². The summed E-state index contributed by atoms with van der Waals surface area (Å²) < 4.78 is 16.4. The van der Waals surface area contributed by atoms with E-state index in [0.717, 1.165) is 0 Å². The highest BCUT2D eigenvalue weighted by atomic mass is 79.9. The van der Waals surface area contributed by atoms with Crippen LogP contribution in [0.3, 0.4) is 0 Å². The van der Waals surface area contributed by atoms with Gasteiger partial charge >= 0.3 is 5.97 Å². The Hall–Kier alpha value is -0.850. The van der Waals surface area contributed by atoms with E-state index in [4.69, 9.17) is 19.0 Å². The quantitative estimate of drug-likeness (QED) is 0.914. The molecule has 2 atom stereocenters. The van der Waals surface area contributed by atoms with Gasteiger partial charge in [0.25, 0.3) is 0 Å². The second-order valence-corrected chi connectivity index (χ2v) is 3.94. The van der Waals surface area contributed by atoms with Crippen molar-refractivity contribution in [3.8, 4) is 0 Å². The van der Waals surface area contributed by atoms with Crippen LogP contribution in [0.4, 0.5) is 0 Å². The smallest absolute Gasteiger partial charge is 0.306 e. The summed E-state index contributed by atoms with van der Waals surface area (Å²) in [6, 6.07) is 3.45. The van der Waals surface area contributed by atoms with Crippen LogP contribution < -0.4 is 0 Å². The fraction of sp³-hybridized carbons (Fsp3) is 0.444. The number of hydrogen-bond acceptors (Lipinski definition) is 4. The Morgan fingerprint density at radius 2 is 2.40 bits per heavy atom. The van der Waals surface area contributed by atoms with Crippen LogP contribution in [0.1, 0.15) is 18.5 Å². The molecule has 2 rings (SSSR count). The molecule has 5 nitrogen and oxygen atoms in total. The number of hydrogen-bond donors (Lipinski definition) is 1. The molecule has 0 aromatic carbocycles. The molecule has 0 saturated carbocycles. The number of carboxylic acid groups (broad SMARTS) is 1. The highest BCUT2D eigenvalue weighted by Gasteiger charge is 2.30. The average Bonchev–Trinajstić information content (AvgIpc) is 2.72. The number of rotatable bonds is 3. The Bertz CT molecular complexity index is 361. The molecule has 2 heterocycles. The molecule has 15 heavy (non-hydrogen) atoms. The molecule has 0 amide bonds. The predicted molar refractivity (Wildman–Crippen MR) is 52.2 cm³/mol. The van der Waals surface area contributed by atoms with Gasteiger partial charge in [-0.25, -0.2) is 0 Å². The maximum Gasteiger partial charge on any atom is 0.306 e. The topological polar surface area (TPSA) is 68.9 Å². The standard InChI is InChI=1S/C9H9BrO5/c10-7-2-1-6(15-7)9-13-4-5(14-9)3-8(11)12/h1-2,5,9H,3-4H2,(H,11,12). The number of ether oxygens (including phenoxy) is 2. The van der Waals surface area contributed by atoms with Crippen molar-refractivity contribution in [2.24, 2.45) is 0 Å². The van der Waals surface area contributed by atoms with Gasteiger partial charge in [0.15, 0.2) is 10.4 Å². The van der Waals surface area contributed by atoms with Crippen molar-refractivity contribution in [1.82, 2.24) is 0 Å². The van der Waals surface area contributed by atoms with E-state index < -0.39 is 18.4 Å². The minimum absolute atomic E-state index is 0.0572. The molecular weight excluding hydrogens is 268 g/mol. The van der Waals surface area contributed by atoms with Gasteiger partial charge in [-0.2, -0.15) is 0 Å². The van der Waals surface area contributed by atoms with Gasteiger partial charge in [0.2, 0.25) is 6.29 Å². The van der Waals surface area contributed by atoms with Gasteiger partial charge < -0.3 is 19.0 Å². The fourth-order valence-electron chi connectivity index (χ4n) is 1.35. The molecule has 1 aromatic heterocycles. The van der Waals surface area contributed by atoms with Crippen molar-refractivity contribution in [1.29, 1.82) is 0 Å². The second kappa shape index (κ2) is 4.34. The Kier molecular flexibility index (Phi) is 3.08. The zero-order valence-electron chi connectivity index (χ0n) is 7.68. The molecule has 82 valence electrons. The van der Waals surface area contributed by atoms with Crippen molar-refractivity contribution in [2.45, 2.75) is 18.8 Å². The van der Waals surface area contributed by atoms with Crippen LogP contribution in [0.15, 0.2) is 21.2 Å². The molecule has 1 N–H and O–H groups in total. The average molecular weight is 277 g/mol. The van der Waals surface area contributed by atoms with Crippen LogP contribution in [0, 0.1) is 0 Å². The summed E-state index contributed by atoms with van der Waals surface area (Å²) in [5, 5.41) is 8.57. The van der Waals surface area contributed by atoms with E-state index in [0.29, 0.717) is 10.4 Å². The van der Waals surface area contributed by atoms with Crippen LogP contribution in [-0.2, 0) is 14.3 Å². The van der Waals surface area contributed by atoms with Crippen LogP contribution in [-0.4, -0.2) is 23.8 Å². The first-order valence-electron chi connectivity index (χ1n) is 4.39. The molecular formula is C9H9BrO5. The molecule has 2 unspecified atom stereocenters. The van der Waals surface area contributed by atoms with Crippen LogP contribution in [0.5, 0.6) is 0 Å². The van der Waals surface area contributed by atoms with E-state index in [2.05, 4.69) is 15.9 Å². The second-order valence-electron chi connectivity index (χ2n) is 3.16. The van der Waals surface area contributed by atoms with E-state index in [1.807, 2.05) is 0 Å². The lowest BCUT2D eigenvalue weighted by atomic mass is 10.3. The van der Waals surface area contributed by atoms with Crippen molar-refractivity contribution in [2.75, 3.05) is 6.61 Å². The lowest BCUT2D eigenvalue weighted by Gasteiger charge is -2.06. The maximum atomic E-state index is 10.4. The molecule has 0 spiro atoms. The summed E-state index contributed by atoms with van der Waals surface area (Å²) in [4.78, 5) is 10.4. The van der Waals surface area contributed by atoms with Crippen LogP contribution >= 0.6 is 15.9 Å². The molecule has 1 aliphatic rings. The van der Waals surface area contributed by atoms with Crippen molar-refractivity contribution < 1.29 is 23.8 Å². The third-order valence-electron chi connectivity index (χ3n) is 1.98. The summed E-state index contributed by atoms with van der Waals surface area (Å²) in [5.41, 5.74) is 0.